The van der Waals surface area contributed by atoms with E-state index in [0.29, 0.717) is 11.1 Å². The van der Waals surface area contributed by atoms with Crippen molar-refractivity contribution in [3.05, 3.63) is 41.2 Å². The van der Waals surface area contributed by atoms with Crippen LogP contribution in [0.2, 0.25) is 0 Å². The number of anilines is 1. The number of carbonyl (C=O) groups excluding carboxylic acids is 2. The van der Waals surface area contributed by atoms with Crippen LogP contribution < -0.4 is 5.32 Å². The van der Waals surface area contributed by atoms with Crippen LogP contribution in [0.25, 0.3) is 0 Å². The maximum Gasteiger partial charge on any atom is 0.375 e. The molecule has 0 aliphatic carbocycles. The Labute approximate surface area is 132 Å². The molecule has 10 heteroatoms. The molecule has 0 aliphatic heterocycles. The van der Waals surface area contributed by atoms with E-state index >= 15 is 0 Å². The molecule has 0 saturated heterocycles. The van der Waals surface area contributed by atoms with Gasteiger partial charge in [0.25, 0.3) is 5.91 Å². The standard InChI is InChI=1S/C13H14N4O5S/c1-22-12(19)10-14-13(17-16-10)15-11(18)9-5-3-8(4-6-9)7-23(2,20)21/h3-6H,7H2,1-2H3,(H2,14,15,16,17,18). The Morgan fingerprint density at radius 3 is 2.48 bits per heavy atom. The maximum absolute atomic E-state index is 12.0. The van der Waals surface area contributed by atoms with Gasteiger partial charge in [-0.05, 0) is 17.7 Å². The predicted molar refractivity (Wildman–Crippen MR) is 80.7 cm³/mol. The van der Waals surface area contributed by atoms with Crippen LogP contribution in [0.5, 0.6) is 0 Å². The number of methoxy groups -OCH3 is 1. The maximum atomic E-state index is 12.0. The minimum atomic E-state index is -3.14. The van der Waals surface area contributed by atoms with E-state index in [0.717, 1.165) is 6.26 Å². The lowest BCUT2D eigenvalue weighted by Crippen LogP contribution is -2.13. The SMILES string of the molecule is COC(=O)c1nc(NC(=O)c2ccc(CS(C)(=O)=O)cc2)n[nH]1. The van der Waals surface area contributed by atoms with Gasteiger partial charge in [0.15, 0.2) is 9.84 Å². The van der Waals surface area contributed by atoms with Gasteiger partial charge in [-0.15, -0.1) is 5.10 Å². The molecule has 2 rings (SSSR count). The summed E-state index contributed by atoms with van der Waals surface area (Å²) < 4.78 is 26.9. The van der Waals surface area contributed by atoms with Crippen LogP contribution in [-0.2, 0) is 20.3 Å². The van der Waals surface area contributed by atoms with Gasteiger partial charge in [-0.2, -0.15) is 4.98 Å². The summed E-state index contributed by atoms with van der Waals surface area (Å²) >= 11 is 0. The molecule has 122 valence electrons. The number of sulfone groups is 1. The molecule has 0 saturated carbocycles. The van der Waals surface area contributed by atoms with Crippen LogP contribution in [0.15, 0.2) is 24.3 Å². The topological polar surface area (TPSA) is 131 Å². The summed E-state index contributed by atoms with van der Waals surface area (Å²) in [7, 11) is -1.94. The van der Waals surface area contributed by atoms with Crippen LogP contribution >= 0.6 is 0 Å². The lowest BCUT2D eigenvalue weighted by molar-refractivity contribution is 0.0587. The molecule has 0 radical (unpaired) electrons. The van der Waals surface area contributed by atoms with Crippen LogP contribution in [-0.4, -0.2) is 48.8 Å². The zero-order valence-corrected chi connectivity index (χ0v) is 13.2. The van der Waals surface area contributed by atoms with Gasteiger partial charge in [0.05, 0.1) is 12.9 Å². The number of hydrogen-bond acceptors (Lipinski definition) is 7. The number of carbonyl (C=O) groups is 2. The Balaban J connectivity index is 2.06. The van der Waals surface area contributed by atoms with E-state index in [9.17, 15) is 18.0 Å². The first-order valence-electron chi connectivity index (χ1n) is 6.37. The summed E-state index contributed by atoms with van der Waals surface area (Å²) in [6.07, 6.45) is 1.13. The molecule has 1 heterocycles. The van der Waals surface area contributed by atoms with Crippen molar-refractivity contribution in [2.45, 2.75) is 5.75 Å². The smallest absolute Gasteiger partial charge is 0.375 e. The van der Waals surface area contributed by atoms with Gasteiger partial charge in [-0.1, -0.05) is 12.1 Å². The number of aromatic amines is 1. The van der Waals surface area contributed by atoms with Gasteiger partial charge in [0, 0.05) is 11.8 Å². The minimum Gasteiger partial charge on any atom is -0.463 e. The zero-order chi connectivity index (χ0) is 17.0. The zero-order valence-electron chi connectivity index (χ0n) is 12.4. The Kier molecular flexibility index (Phi) is 4.74. The van der Waals surface area contributed by atoms with E-state index in [1.165, 1.54) is 19.2 Å². The first-order chi connectivity index (χ1) is 10.8. The molecule has 2 N–H and O–H groups in total. The van der Waals surface area contributed by atoms with Gasteiger partial charge in [0.2, 0.25) is 11.8 Å². The largest absolute Gasteiger partial charge is 0.463 e. The van der Waals surface area contributed by atoms with Crippen LogP contribution in [0.3, 0.4) is 0 Å². The van der Waals surface area contributed by atoms with Crippen molar-refractivity contribution in [3.8, 4) is 0 Å². The molecule has 1 amide bonds. The van der Waals surface area contributed by atoms with Crippen molar-refractivity contribution < 1.29 is 22.7 Å². The number of nitrogens with zero attached hydrogens (tertiary/aromatic N) is 2. The van der Waals surface area contributed by atoms with E-state index in [1.807, 2.05) is 0 Å². The Morgan fingerprint density at radius 2 is 1.91 bits per heavy atom. The highest BCUT2D eigenvalue weighted by Gasteiger charge is 2.14. The minimum absolute atomic E-state index is 0.0735. The summed E-state index contributed by atoms with van der Waals surface area (Å²) in [6.45, 7) is 0. The lowest BCUT2D eigenvalue weighted by Gasteiger charge is -2.03. The molecule has 23 heavy (non-hydrogen) atoms. The first kappa shape index (κ1) is 16.6. The second-order valence-electron chi connectivity index (χ2n) is 4.72. The quantitative estimate of drug-likeness (QED) is 0.754. The third kappa shape index (κ3) is 4.61. The van der Waals surface area contributed by atoms with Crippen LogP contribution in [0, 0.1) is 0 Å². The molecule has 0 aliphatic rings. The van der Waals surface area contributed by atoms with Crippen molar-refractivity contribution in [2.75, 3.05) is 18.7 Å². The normalized spacial score (nSPS) is 11.0. The number of nitrogens with one attached hydrogen (secondary N) is 2. The predicted octanol–water partition coefficient (Wildman–Crippen LogP) is 0.388. The number of rotatable bonds is 5. The van der Waals surface area contributed by atoms with Crippen molar-refractivity contribution >= 4 is 27.7 Å². The molecule has 0 atom stereocenters. The average molecular weight is 338 g/mol. The number of amides is 1. The third-order valence-corrected chi connectivity index (χ3v) is 3.59. The number of ether oxygens (including phenoxy) is 1. The molecule has 9 nitrogen and oxygen atoms in total. The van der Waals surface area contributed by atoms with Crippen LogP contribution in [0.4, 0.5) is 5.95 Å². The van der Waals surface area contributed by atoms with Gasteiger partial charge < -0.3 is 4.74 Å². The molecule has 0 bridgehead atoms. The number of H-pyrrole nitrogens is 1. The molecule has 0 fully saturated rings. The van der Waals surface area contributed by atoms with Crippen molar-refractivity contribution in [2.24, 2.45) is 0 Å². The molecular formula is C13H14N4O5S. The summed E-state index contributed by atoms with van der Waals surface area (Å²) in [5.41, 5.74) is 0.876. The van der Waals surface area contributed by atoms with E-state index in [4.69, 9.17) is 0 Å². The van der Waals surface area contributed by atoms with Crippen molar-refractivity contribution in [1.29, 1.82) is 0 Å². The molecule has 1 aromatic heterocycles. The fourth-order valence-electron chi connectivity index (χ4n) is 1.73. The van der Waals surface area contributed by atoms with E-state index in [1.54, 1.807) is 12.1 Å². The summed E-state index contributed by atoms with van der Waals surface area (Å²) in [6, 6.07) is 6.08. The number of esters is 1. The molecule has 1 aromatic carbocycles. The first-order valence-corrected chi connectivity index (χ1v) is 8.43. The van der Waals surface area contributed by atoms with Gasteiger partial charge in [-0.25, -0.2) is 13.2 Å². The molecule has 0 spiro atoms. The molecular weight excluding hydrogens is 324 g/mol. The lowest BCUT2D eigenvalue weighted by atomic mass is 10.1. The number of aromatic nitrogens is 3. The fourth-order valence-corrected chi connectivity index (χ4v) is 2.53. The monoisotopic (exact) mass is 338 g/mol. The highest BCUT2D eigenvalue weighted by Crippen LogP contribution is 2.10. The third-order valence-electron chi connectivity index (χ3n) is 2.73. The van der Waals surface area contributed by atoms with Gasteiger partial charge in [0.1, 0.15) is 0 Å². The summed E-state index contributed by atoms with van der Waals surface area (Å²) in [5, 5.41) is 8.41. The van der Waals surface area contributed by atoms with E-state index in [2.05, 4.69) is 25.2 Å². The summed E-state index contributed by atoms with van der Waals surface area (Å²) in [4.78, 5) is 27.0. The van der Waals surface area contributed by atoms with Crippen molar-refractivity contribution in [3.63, 3.8) is 0 Å². The van der Waals surface area contributed by atoms with Gasteiger partial charge >= 0.3 is 5.97 Å². The van der Waals surface area contributed by atoms with Gasteiger partial charge in [-0.3, -0.25) is 15.2 Å². The Bertz CT molecular complexity index is 826. The second kappa shape index (κ2) is 6.57. The summed E-state index contributed by atoms with van der Waals surface area (Å²) in [5.74, 6) is -1.51. The van der Waals surface area contributed by atoms with Crippen molar-refractivity contribution in [1.82, 2.24) is 15.2 Å². The fraction of sp³-hybridized carbons (Fsp3) is 0.231. The van der Waals surface area contributed by atoms with E-state index in [-0.39, 0.29) is 17.5 Å². The highest BCUT2D eigenvalue weighted by molar-refractivity contribution is 7.89. The average Bonchev–Trinajstić information content (AvgIpc) is 2.94. The van der Waals surface area contributed by atoms with E-state index < -0.39 is 21.7 Å². The number of hydrogen-bond donors (Lipinski definition) is 2. The van der Waals surface area contributed by atoms with Crippen LogP contribution in [0.1, 0.15) is 26.5 Å². The molecule has 0 unspecified atom stereocenters. The number of benzene rings is 1. The highest BCUT2D eigenvalue weighted by atomic mass is 32.2. The Morgan fingerprint density at radius 1 is 1.26 bits per heavy atom. The molecule has 2 aromatic rings. The second-order valence-corrected chi connectivity index (χ2v) is 6.86. The Hall–Kier alpha value is -2.75.